The maximum absolute atomic E-state index is 12.2. The zero-order chi connectivity index (χ0) is 18.3. The minimum absolute atomic E-state index is 0.0284. The van der Waals surface area contributed by atoms with Crippen molar-refractivity contribution < 1.29 is 14.4 Å². The Bertz CT molecular complexity index is 611. The Morgan fingerprint density at radius 1 is 1.21 bits per heavy atom. The zero-order valence-electron chi connectivity index (χ0n) is 14.5. The molecule has 2 N–H and O–H groups in total. The van der Waals surface area contributed by atoms with Crippen molar-refractivity contribution in [3.63, 3.8) is 0 Å². The summed E-state index contributed by atoms with van der Waals surface area (Å²) in [5.74, 6) is -0.860. The Labute approximate surface area is 151 Å². The molecular formula is C17H24BrN3O3. The third kappa shape index (κ3) is 7.12. The molecule has 6 nitrogen and oxygen atoms in total. The van der Waals surface area contributed by atoms with E-state index in [1.807, 2.05) is 26.8 Å². The summed E-state index contributed by atoms with van der Waals surface area (Å²) in [6.07, 6.45) is 0. The highest BCUT2D eigenvalue weighted by Gasteiger charge is 2.19. The minimum atomic E-state index is -0.353. The van der Waals surface area contributed by atoms with E-state index < -0.39 is 0 Å². The summed E-state index contributed by atoms with van der Waals surface area (Å²) in [6, 6.07) is 6.90. The molecule has 0 radical (unpaired) electrons. The van der Waals surface area contributed by atoms with Crippen LogP contribution >= 0.6 is 15.9 Å². The van der Waals surface area contributed by atoms with Crippen LogP contribution in [0.25, 0.3) is 0 Å². The van der Waals surface area contributed by atoms with Gasteiger partial charge in [-0.15, -0.1) is 0 Å². The lowest BCUT2D eigenvalue weighted by molar-refractivity contribution is -0.135. The first-order chi connectivity index (χ1) is 11.1. The monoisotopic (exact) mass is 397 g/mol. The predicted octanol–water partition coefficient (Wildman–Crippen LogP) is 1.94. The smallest absolute Gasteiger partial charge is 0.251 e. The molecule has 1 rings (SSSR count). The Kier molecular flexibility index (Phi) is 7.41. The van der Waals surface area contributed by atoms with Gasteiger partial charge in [-0.25, -0.2) is 0 Å². The molecule has 0 aromatic heterocycles. The van der Waals surface area contributed by atoms with Gasteiger partial charge in [0, 0.05) is 22.1 Å². The Morgan fingerprint density at radius 2 is 1.88 bits per heavy atom. The second-order valence-electron chi connectivity index (χ2n) is 6.40. The van der Waals surface area contributed by atoms with Crippen LogP contribution in [0.4, 0.5) is 0 Å². The van der Waals surface area contributed by atoms with Crippen LogP contribution in [0, 0.1) is 0 Å². The molecule has 24 heavy (non-hydrogen) atoms. The number of hydrogen-bond acceptors (Lipinski definition) is 3. The fourth-order valence-electron chi connectivity index (χ4n) is 2.01. The SMILES string of the molecule is CCN(CC(=O)NC(C)(C)C)C(=O)CNC(=O)c1cccc(Br)c1. The van der Waals surface area contributed by atoms with Crippen molar-refractivity contribution >= 4 is 33.7 Å². The third-order valence-corrected chi connectivity index (χ3v) is 3.56. The standard InChI is InChI=1S/C17H24BrN3O3/c1-5-21(11-14(22)20-17(2,3)4)15(23)10-19-16(24)12-7-6-8-13(18)9-12/h6-9H,5,10-11H2,1-4H3,(H,19,24)(H,20,22). The number of hydrogen-bond donors (Lipinski definition) is 2. The van der Waals surface area contributed by atoms with Crippen molar-refractivity contribution in [1.29, 1.82) is 0 Å². The largest absolute Gasteiger partial charge is 0.350 e. The van der Waals surface area contributed by atoms with E-state index in [-0.39, 0.29) is 36.3 Å². The number of carbonyl (C=O) groups excluding carboxylic acids is 3. The molecule has 0 heterocycles. The summed E-state index contributed by atoms with van der Waals surface area (Å²) in [7, 11) is 0. The summed E-state index contributed by atoms with van der Waals surface area (Å²) in [6.45, 7) is 7.63. The van der Waals surface area contributed by atoms with Crippen molar-refractivity contribution in [2.75, 3.05) is 19.6 Å². The number of amides is 3. The quantitative estimate of drug-likeness (QED) is 0.769. The number of rotatable bonds is 6. The van der Waals surface area contributed by atoms with E-state index in [1.54, 1.807) is 25.1 Å². The van der Waals surface area contributed by atoms with Crippen molar-refractivity contribution in [2.24, 2.45) is 0 Å². The van der Waals surface area contributed by atoms with Crippen LogP contribution < -0.4 is 10.6 Å². The number of benzene rings is 1. The summed E-state index contributed by atoms with van der Waals surface area (Å²) in [5, 5.41) is 5.39. The minimum Gasteiger partial charge on any atom is -0.350 e. The van der Waals surface area contributed by atoms with Gasteiger partial charge in [0.2, 0.25) is 11.8 Å². The van der Waals surface area contributed by atoms with Crippen LogP contribution in [0.15, 0.2) is 28.7 Å². The molecule has 0 aliphatic heterocycles. The van der Waals surface area contributed by atoms with E-state index in [4.69, 9.17) is 0 Å². The van der Waals surface area contributed by atoms with Gasteiger partial charge in [-0.1, -0.05) is 22.0 Å². The summed E-state index contributed by atoms with van der Waals surface area (Å²) < 4.78 is 0.788. The first-order valence-corrected chi connectivity index (χ1v) is 8.54. The Balaban J connectivity index is 2.55. The van der Waals surface area contributed by atoms with E-state index in [9.17, 15) is 14.4 Å². The fraction of sp³-hybridized carbons (Fsp3) is 0.471. The van der Waals surface area contributed by atoms with Gasteiger partial charge < -0.3 is 15.5 Å². The fourth-order valence-corrected chi connectivity index (χ4v) is 2.41. The lowest BCUT2D eigenvalue weighted by atomic mass is 10.1. The first kappa shape index (κ1) is 20.2. The lowest BCUT2D eigenvalue weighted by Gasteiger charge is -2.25. The Morgan fingerprint density at radius 3 is 2.42 bits per heavy atom. The molecule has 0 atom stereocenters. The average molecular weight is 398 g/mol. The van der Waals surface area contributed by atoms with E-state index in [1.165, 1.54) is 4.90 Å². The maximum atomic E-state index is 12.2. The molecule has 0 aliphatic rings. The molecule has 0 saturated carbocycles. The molecule has 0 bridgehead atoms. The number of nitrogens with one attached hydrogen (secondary N) is 2. The van der Waals surface area contributed by atoms with E-state index >= 15 is 0 Å². The van der Waals surface area contributed by atoms with Gasteiger partial charge in [0.15, 0.2) is 0 Å². The van der Waals surface area contributed by atoms with Crippen LogP contribution in [0.1, 0.15) is 38.1 Å². The van der Waals surface area contributed by atoms with Crippen molar-refractivity contribution in [1.82, 2.24) is 15.5 Å². The number of carbonyl (C=O) groups is 3. The predicted molar refractivity (Wildman–Crippen MR) is 96.6 cm³/mol. The molecule has 1 aromatic rings. The molecule has 132 valence electrons. The summed E-state index contributed by atoms with van der Waals surface area (Å²) in [5.41, 5.74) is 0.111. The van der Waals surface area contributed by atoms with E-state index in [0.717, 1.165) is 4.47 Å². The number of halogens is 1. The number of likely N-dealkylation sites (N-methyl/N-ethyl adjacent to an activating group) is 1. The molecule has 0 fully saturated rings. The van der Waals surface area contributed by atoms with Gasteiger partial charge in [0.1, 0.15) is 0 Å². The zero-order valence-corrected chi connectivity index (χ0v) is 16.1. The van der Waals surface area contributed by atoms with Crippen LogP contribution in [0.5, 0.6) is 0 Å². The third-order valence-electron chi connectivity index (χ3n) is 3.07. The molecule has 7 heteroatoms. The highest BCUT2D eigenvalue weighted by molar-refractivity contribution is 9.10. The molecule has 0 unspecified atom stereocenters. The van der Waals surface area contributed by atoms with Crippen molar-refractivity contribution in [2.45, 2.75) is 33.2 Å². The second kappa shape index (κ2) is 8.82. The van der Waals surface area contributed by atoms with Gasteiger partial charge >= 0.3 is 0 Å². The van der Waals surface area contributed by atoms with Crippen molar-refractivity contribution in [3.05, 3.63) is 34.3 Å². The molecule has 3 amide bonds. The molecule has 0 spiro atoms. The molecule has 1 aromatic carbocycles. The van der Waals surface area contributed by atoms with Crippen LogP contribution in [0.3, 0.4) is 0 Å². The van der Waals surface area contributed by atoms with Crippen LogP contribution in [0.2, 0.25) is 0 Å². The lowest BCUT2D eigenvalue weighted by Crippen LogP contribution is -2.49. The number of nitrogens with zero attached hydrogens (tertiary/aromatic N) is 1. The van der Waals surface area contributed by atoms with Gasteiger partial charge in [0.25, 0.3) is 5.91 Å². The van der Waals surface area contributed by atoms with Gasteiger partial charge in [-0.2, -0.15) is 0 Å². The van der Waals surface area contributed by atoms with Crippen LogP contribution in [-0.2, 0) is 9.59 Å². The van der Waals surface area contributed by atoms with Crippen molar-refractivity contribution in [3.8, 4) is 0 Å². The van der Waals surface area contributed by atoms with Gasteiger partial charge in [0.05, 0.1) is 13.1 Å². The topological polar surface area (TPSA) is 78.5 Å². The normalized spacial score (nSPS) is 10.9. The highest BCUT2D eigenvalue weighted by Crippen LogP contribution is 2.11. The molecule has 0 aliphatic carbocycles. The molecular weight excluding hydrogens is 374 g/mol. The van der Waals surface area contributed by atoms with Gasteiger partial charge in [-0.3, -0.25) is 14.4 Å². The Hall–Kier alpha value is -1.89. The van der Waals surface area contributed by atoms with E-state index in [2.05, 4.69) is 26.6 Å². The maximum Gasteiger partial charge on any atom is 0.251 e. The summed E-state index contributed by atoms with van der Waals surface area (Å²) >= 11 is 3.30. The van der Waals surface area contributed by atoms with Gasteiger partial charge in [-0.05, 0) is 45.9 Å². The molecule has 0 saturated heterocycles. The van der Waals surface area contributed by atoms with E-state index in [0.29, 0.717) is 12.1 Å². The summed E-state index contributed by atoms with van der Waals surface area (Å²) in [4.78, 5) is 37.6. The highest BCUT2D eigenvalue weighted by atomic mass is 79.9. The second-order valence-corrected chi connectivity index (χ2v) is 7.31. The first-order valence-electron chi connectivity index (χ1n) is 7.75. The average Bonchev–Trinajstić information content (AvgIpc) is 2.48. The van der Waals surface area contributed by atoms with Crippen LogP contribution in [-0.4, -0.2) is 47.8 Å².